The highest BCUT2D eigenvalue weighted by Gasteiger charge is 2.40. The maximum absolute atomic E-state index is 13.5. The molecule has 1 atom stereocenters. The van der Waals surface area contributed by atoms with Crippen molar-refractivity contribution in [1.29, 1.82) is 0 Å². The van der Waals surface area contributed by atoms with E-state index >= 15 is 0 Å². The summed E-state index contributed by atoms with van der Waals surface area (Å²) in [6.07, 6.45) is 4.75. The Morgan fingerprint density at radius 2 is 1.76 bits per heavy atom. The molecule has 9 heteroatoms. The van der Waals surface area contributed by atoms with Crippen molar-refractivity contribution in [3.63, 3.8) is 0 Å². The number of benzene rings is 2. The van der Waals surface area contributed by atoms with Crippen LogP contribution in [0.25, 0.3) is 0 Å². The summed E-state index contributed by atoms with van der Waals surface area (Å²) >= 11 is 0. The molecule has 1 fully saturated rings. The summed E-state index contributed by atoms with van der Waals surface area (Å²) < 4.78 is 26.5. The van der Waals surface area contributed by atoms with E-state index in [0.717, 1.165) is 41.1 Å². The van der Waals surface area contributed by atoms with Gasteiger partial charge in [-0.05, 0) is 50.3 Å². The number of nitrogens with zero attached hydrogens (tertiary/aromatic N) is 2. The fraction of sp³-hybridized carbons (Fsp3) is 0.464. The largest absolute Gasteiger partial charge is 0.352 e. The molecule has 0 spiro atoms. The van der Waals surface area contributed by atoms with Gasteiger partial charge in [0.15, 0.2) is 0 Å². The lowest BCUT2D eigenvalue weighted by Crippen LogP contribution is -2.51. The number of carbonyl (C=O) groups is 3. The molecule has 2 aliphatic rings. The predicted molar refractivity (Wildman–Crippen MR) is 140 cm³/mol. The fourth-order valence-corrected chi connectivity index (χ4v) is 6.75. The first-order valence-corrected chi connectivity index (χ1v) is 14.5. The van der Waals surface area contributed by atoms with Crippen molar-refractivity contribution in [2.24, 2.45) is 0 Å². The Morgan fingerprint density at radius 3 is 2.41 bits per heavy atom. The molecule has 0 bridgehead atoms. The van der Waals surface area contributed by atoms with Crippen molar-refractivity contribution in [3.05, 3.63) is 65.2 Å². The lowest BCUT2D eigenvalue weighted by molar-refractivity contribution is -0.141. The van der Waals surface area contributed by atoms with Crippen LogP contribution in [0.3, 0.4) is 0 Å². The number of carbonyl (C=O) groups excluding carboxylic acids is 3. The van der Waals surface area contributed by atoms with Gasteiger partial charge in [0.1, 0.15) is 10.9 Å². The van der Waals surface area contributed by atoms with Crippen LogP contribution in [-0.2, 0) is 26.2 Å². The molecule has 0 saturated heterocycles. The molecule has 0 aromatic heterocycles. The van der Waals surface area contributed by atoms with Crippen LogP contribution in [-0.4, -0.2) is 54.0 Å². The maximum Gasteiger partial charge on any atom is 0.269 e. The summed E-state index contributed by atoms with van der Waals surface area (Å²) in [5.74, 6) is -0.958. The molecule has 1 unspecified atom stereocenters. The molecule has 1 aliphatic carbocycles. The minimum absolute atomic E-state index is 0.00181. The van der Waals surface area contributed by atoms with E-state index in [9.17, 15) is 22.8 Å². The molecule has 198 valence electrons. The first kappa shape index (κ1) is 26.9. The van der Waals surface area contributed by atoms with Crippen LogP contribution in [0, 0.1) is 6.92 Å². The average Bonchev–Trinajstić information content (AvgIpc) is 3.46. The monoisotopic (exact) mass is 525 g/mol. The van der Waals surface area contributed by atoms with Crippen molar-refractivity contribution in [1.82, 2.24) is 14.5 Å². The molecule has 0 radical (unpaired) electrons. The Morgan fingerprint density at radius 1 is 1.08 bits per heavy atom. The third-order valence-corrected chi connectivity index (χ3v) is 9.07. The van der Waals surface area contributed by atoms with Gasteiger partial charge in [0.2, 0.25) is 11.8 Å². The van der Waals surface area contributed by atoms with Gasteiger partial charge in [-0.25, -0.2) is 12.7 Å². The molecule has 4 rings (SSSR count). The van der Waals surface area contributed by atoms with Crippen molar-refractivity contribution in [3.8, 4) is 0 Å². The molecule has 2 aromatic rings. The molecule has 1 heterocycles. The zero-order valence-electron chi connectivity index (χ0n) is 21.5. The molecule has 2 aromatic carbocycles. The third kappa shape index (κ3) is 5.87. The quantitative estimate of drug-likeness (QED) is 0.508. The number of nitrogens with one attached hydrogen (secondary N) is 1. The van der Waals surface area contributed by atoms with E-state index in [0.29, 0.717) is 6.42 Å². The highest BCUT2D eigenvalue weighted by Crippen LogP contribution is 2.30. The fourth-order valence-electron chi connectivity index (χ4n) is 5.15. The van der Waals surface area contributed by atoms with Gasteiger partial charge in [0.05, 0.1) is 5.56 Å². The Labute approximate surface area is 219 Å². The first-order chi connectivity index (χ1) is 17.7. The maximum atomic E-state index is 13.5. The van der Waals surface area contributed by atoms with Crippen LogP contribution >= 0.6 is 0 Å². The molecule has 1 aliphatic heterocycles. The number of amides is 3. The minimum Gasteiger partial charge on any atom is -0.352 e. The molecule has 37 heavy (non-hydrogen) atoms. The highest BCUT2D eigenvalue weighted by atomic mass is 32.2. The van der Waals surface area contributed by atoms with Crippen LogP contribution in [0.2, 0.25) is 0 Å². The molecule has 1 saturated carbocycles. The van der Waals surface area contributed by atoms with E-state index in [1.54, 1.807) is 17.0 Å². The normalized spacial score (nSPS) is 17.5. The lowest BCUT2D eigenvalue weighted by atomic mass is 10.1. The van der Waals surface area contributed by atoms with Crippen LogP contribution in [0.4, 0.5) is 0 Å². The smallest absolute Gasteiger partial charge is 0.269 e. The van der Waals surface area contributed by atoms with Crippen LogP contribution in [0.5, 0.6) is 0 Å². The second-order valence-corrected chi connectivity index (χ2v) is 11.7. The molecule has 8 nitrogen and oxygen atoms in total. The third-order valence-electron chi connectivity index (χ3n) is 7.22. The average molecular weight is 526 g/mol. The summed E-state index contributed by atoms with van der Waals surface area (Å²) in [4.78, 5) is 41.0. The number of rotatable bonds is 10. The van der Waals surface area contributed by atoms with E-state index < -0.39 is 22.0 Å². The van der Waals surface area contributed by atoms with Crippen LogP contribution < -0.4 is 5.32 Å². The van der Waals surface area contributed by atoms with Crippen molar-refractivity contribution in [2.75, 3.05) is 6.54 Å². The Bertz CT molecular complexity index is 1250. The summed E-state index contributed by atoms with van der Waals surface area (Å²) in [5, 5.41) is 3.12. The lowest BCUT2D eigenvalue weighted by Gasteiger charge is -2.32. The van der Waals surface area contributed by atoms with Gasteiger partial charge in [-0.1, -0.05) is 61.7 Å². The van der Waals surface area contributed by atoms with E-state index in [-0.39, 0.29) is 54.2 Å². The summed E-state index contributed by atoms with van der Waals surface area (Å²) in [7, 11) is -3.92. The second kappa shape index (κ2) is 11.5. The Balaban J connectivity index is 1.46. The van der Waals surface area contributed by atoms with Gasteiger partial charge >= 0.3 is 0 Å². The van der Waals surface area contributed by atoms with Gasteiger partial charge < -0.3 is 10.2 Å². The Hall–Kier alpha value is -3.20. The van der Waals surface area contributed by atoms with Crippen molar-refractivity contribution in [2.45, 2.75) is 82.3 Å². The topological polar surface area (TPSA) is 104 Å². The number of sulfonamides is 1. The molecular weight excluding hydrogens is 490 g/mol. The number of hydrogen-bond donors (Lipinski definition) is 1. The van der Waals surface area contributed by atoms with Gasteiger partial charge in [0, 0.05) is 25.6 Å². The predicted octanol–water partition coefficient (Wildman–Crippen LogP) is 3.79. The number of fused-ring (bicyclic) bond motifs is 1. The highest BCUT2D eigenvalue weighted by molar-refractivity contribution is 7.90. The first-order valence-electron chi connectivity index (χ1n) is 13.0. The van der Waals surface area contributed by atoms with E-state index in [1.165, 1.54) is 12.1 Å². The second-order valence-electron chi connectivity index (χ2n) is 9.90. The Kier molecular flexibility index (Phi) is 8.32. The van der Waals surface area contributed by atoms with Crippen molar-refractivity contribution < 1.29 is 22.8 Å². The SMILES string of the molecule is CCC(C(=O)NC1CCCC1)N(Cc1ccc(C)cc1)C(=O)CCCN1C(=O)c2ccccc2S1(=O)=O. The van der Waals surface area contributed by atoms with E-state index in [1.807, 2.05) is 38.1 Å². The standard InChI is InChI=1S/C28H35N3O5S/c1-3-24(27(33)29-22-9-4-5-10-22)30(19-21-16-14-20(2)15-17-21)26(32)13-8-18-31-28(34)23-11-6-7-12-25(23)37(31,35)36/h6-7,11-12,14-17,22,24H,3-5,8-10,13,18-19H2,1-2H3,(H,29,33). The zero-order chi connectivity index (χ0) is 26.6. The van der Waals surface area contributed by atoms with E-state index in [2.05, 4.69) is 5.32 Å². The summed E-state index contributed by atoms with van der Waals surface area (Å²) in [6, 6.07) is 13.5. The summed E-state index contributed by atoms with van der Waals surface area (Å²) in [5.41, 5.74) is 2.17. The summed E-state index contributed by atoms with van der Waals surface area (Å²) in [6.45, 7) is 4.07. The minimum atomic E-state index is -3.92. The number of aryl methyl sites for hydroxylation is 1. The van der Waals surface area contributed by atoms with Crippen molar-refractivity contribution >= 4 is 27.7 Å². The van der Waals surface area contributed by atoms with Gasteiger partial charge in [-0.3, -0.25) is 14.4 Å². The van der Waals surface area contributed by atoms with Gasteiger partial charge in [0.25, 0.3) is 15.9 Å². The molecular formula is C28H35N3O5S. The van der Waals surface area contributed by atoms with Gasteiger partial charge in [-0.15, -0.1) is 0 Å². The number of hydrogen-bond acceptors (Lipinski definition) is 5. The van der Waals surface area contributed by atoms with Crippen LogP contribution in [0.15, 0.2) is 53.4 Å². The molecule has 3 amide bonds. The molecule has 1 N–H and O–H groups in total. The van der Waals surface area contributed by atoms with Gasteiger partial charge in [-0.2, -0.15) is 0 Å². The van der Waals surface area contributed by atoms with Crippen LogP contribution in [0.1, 0.15) is 73.4 Å². The van der Waals surface area contributed by atoms with E-state index in [4.69, 9.17) is 0 Å². The zero-order valence-corrected chi connectivity index (χ0v) is 22.3.